The second kappa shape index (κ2) is 5.26. The number of hydrogen-bond acceptors (Lipinski definition) is 4. The van der Waals surface area contributed by atoms with E-state index in [0.717, 1.165) is 11.0 Å². The number of nitrogens with zero attached hydrogens (tertiary/aromatic N) is 5. The van der Waals surface area contributed by atoms with Gasteiger partial charge in [-0.25, -0.2) is 19.3 Å². The molecule has 0 saturated heterocycles. The Balaban J connectivity index is 1.93. The maximum atomic E-state index is 12.3. The molecule has 0 unspecified atom stereocenters. The van der Waals surface area contributed by atoms with Crippen molar-refractivity contribution < 1.29 is 13.2 Å². The van der Waals surface area contributed by atoms with E-state index in [9.17, 15) is 22.8 Å². The first-order valence-corrected chi connectivity index (χ1v) is 6.29. The van der Waals surface area contributed by atoms with Gasteiger partial charge < -0.3 is 0 Å². The summed E-state index contributed by atoms with van der Waals surface area (Å²) in [7, 11) is 0. The van der Waals surface area contributed by atoms with Gasteiger partial charge in [-0.3, -0.25) is 4.57 Å². The van der Waals surface area contributed by atoms with E-state index in [2.05, 4.69) is 15.3 Å². The molecular formula is C12H9F3N6O2. The largest absolute Gasteiger partial charge is 0.406 e. The van der Waals surface area contributed by atoms with Gasteiger partial charge in [-0.2, -0.15) is 28.1 Å². The Bertz CT molecular complexity index is 931. The smallest absolute Gasteiger partial charge is 0.272 e. The van der Waals surface area contributed by atoms with Gasteiger partial charge >= 0.3 is 17.6 Å². The Hall–Kier alpha value is -3.11. The number of rotatable bonds is 3. The highest BCUT2D eigenvalue weighted by Gasteiger charge is 2.29. The summed E-state index contributed by atoms with van der Waals surface area (Å²) in [6.45, 7) is -1.41. The number of halogens is 3. The molecule has 3 aromatic rings. The Kier molecular flexibility index (Phi) is 3.39. The van der Waals surface area contributed by atoms with Crippen molar-refractivity contribution in [2.24, 2.45) is 0 Å². The third kappa shape index (κ3) is 2.93. The molecular weight excluding hydrogens is 317 g/mol. The third-order valence-corrected chi connectivity index (χ3v) is 3.01. The van der Waals surface area contributed by atoms with Crippen molar-refractivity contribution in [1.82, 2.24) is 29.1 Å². The van der Waals surface area contributed by atoms with Crippen LogP contribution in [0.15, 0.2) is 46.5 Å². The van der Waals surface area contributed by atoms with Gasteiger partial charge in [-0.05, 0) is 24.3 Å². The average Bonchev–Trinajstić information content (AvgIpc) is 3.05. The Labute approximate surface area is 125 Å². The number of H-pyrrole nitrogens is 1. The Morgan fingerprint density at radius 3 is 2.26 bits per heavy atom. The minimum atomic E-state index is -4.51. The second-order valence-electron chi connectivity index (χ2n) is 4.62. The molecule has 0 fully saturated rings. The maximum absolute atomic E-state index is 12.3. The summed E-state index contributed by atoms with van der Waals surface area (Å²) < 4.78 is 39.6. The van der Waals surface area contributed by atoms with E-state index < -0.39 is 24.1 Å². The van der Waals surface area contributed by atoms with Gasteiger partial charge in [0.15, 0.2) is 0 Å². The molecule has 23 heavy (non-hydrogen) atoms. The van der Waals surface area contributed by atoms with Crippen LogP contribution in [0.5, 0.6) is 0 Å². The highest BCUT2D eigenvalue weighted by Crippen LogP contribution is 2.16. The van der Waals surface area contributed by atoms with Gasteiger partial charge in [0.05, 0.1) is 11.4 Å². The SMILES string of the molecule is O=c1[nH]ncn1-c1ccc(-n2ncn(CC(F)(F)F)c2=O)cc1. The summed E-state index contributed by atoms with van der Waals surface area (Å²) >= 11 is 0. The van der Waals surface area contributed by atoms with Crippen molar-refractivity contribution in [1.29, 1.82) is 0 Å². The number of alkyl halides is 3. The lowest BCUT2D eigenvalue weighted by molar-refractivity contribution is -0.141. The molecule has 120 valence electrons. The quantitative estimate of drug-likeness (QED) is 0.757. The fraction of sp³-hybridized carbons (Fsp3) is 0.167. The van der Waals surface area contributed by atoms with E-state index in [1.807, 2.05) is 0 Å². The summed E-state index contributed by atoms with van der Waals surface area (Å²) in [5.74, 6) is 0. The number of benzene rings is 1. The number of hydrogen-bond donors (Lipinski definition) is 1. The maximum Gasteiger partial charge on any atom is 0.406 e. The van der Waals surface area contributed by atoms with E-state index in [0.29, 0.717) is 10.3 Å². The van der Waals surface area contributed by atoms with Gasteiger partial charge in [-0.15, -0.1) is 0 Å². The number of aromatic amines is 1. The van der Waals surface area contributed by atoms with Crippen LogP contribution in [0.4, 0.5) is 13.2 Å². The van der Waals surface area contributed by atoms with Crippen molar-refractivity contribution >= 4 is 0 Å². The predicted octanol–water partition coefficient (Wildman–Crippen LogP) is 0.470. The normalized spacial score (nSPS) is 11.8. The third-order valence-electron chi connectivity index (χ3n) is 3.01. The van der Waals surface area contributed by atoms with Crippen LogP contribution in [-0.2, 0) is 6.54 Å². The first-order valence-electron chi connectivity index (χ1n) is 6.29. The fourth-order valence-corrected chi connectivity index (χ4v) is 2.00. The summed E-state index contributed by atoms with van der Waals surface area (Å²) in [5.41, 5.74) is -0.591. The summed E-state index contributed by atoms with van der Waals surface area (Å²) in [4.78, 5) is 23.3. The van der Waals surface area contributed by atoms with Crippen molar-refractivity contribution in [2.75, 3.05) is 0 Å². The molecule has 1 N–H and O–H groups in total. The molecule has 0 bridgehead atoms. The molecule has 1 aromatic carbocycles. The highest BCUT2D eigenvalue weighted by atomic mass is 19.4. The molecule has 0 aliphatic heterocycles. The minimum Gasteiger partial charge on any atom is -0.272 e. The van der Waals surface area contributed by atoms with Gasteiger partial charge in [-0.1, -0.05) is 0 Å². The average molecular weight is 326 g/mol. The monoisotopic (exact) mass is 326 g/mol. The first kappa shape index (κ1) is 14.8. The fourth-order valence-electron chi connectivity index (χ4n) is 2.00. The summed E-state index contributed by atoms with van der Waals surface area (Å²) in [5, 5.41) is 9.47. The second-order valence-corrected chi connectivity index (χ2v) is 4.62. The van der Waals surface area contributed by atoms with Crippen LogP contribution < -0.4 is 11.4 Å². The van der Waals surface area contributed by atoms with Crippen molar-refractivity contribution in [3.8, 4) is 11.4 Å². The first-order chi connectivity index (χ1) is 10.8. The zero-order valence-electron chi connectivity index (χ0n) is 11.4. The van der Waals surface area contributed by atoms with Crippen LogP contribution >= 0.6 is 0 Å². The molecule has 0 aliphatic rings. The number of nitrogens with one attached hydrogen (secondary N) is 1. The molecule has 8 nitrogen and oxygen atoms in total. The zero-order chi connectivity index (χ0) is 16.6. The minimum absolute atomic E-state index is 0.274. The van der Waals surface area contributed by atoms with Gasteiger partial charge in [0.25, 0.3) is 0 Å². The molecule has 0 radical (unpaired) electrons. The predicted molar refractivity (Wildman–Crippen MR) is 71.6 cm³/mol. The zero-order valence-corrected chi connectivity index (χ0v) is 11.4. The van der Waals surface area contributed by atoms with Crippen molar-refractivity contribution in [2.45, 2.75) is 12.7 Å². The molecule has 0 atom stereocenters. The lowest BCUT2D eigenvalue weighted by Crippen LogP contribution is -2.29. The van der Waals surface area contributed by atoms with Crippen molar-refractivity contribution in [3.63, 3.8) is 0 Å². The van der Waals surface area contributed by atoms with E-state index in [1.165, 1.54) is 35.2 Å². The Morgan fingerprint density at radius 2 is 1.70 bits per heavy atom. The van der Waals surface area contributed by atoms with E-state index >= 15 is 0 Å². The van der Waals surface area contributed by atoms with Gasteiger partial charge in [0.2, 0.25) is 0 Å². The van der Waals surface area contributed by atoms with Crippen molar-refractivity contribution in [3.05, 3.63) is 57.9 Å². The van der Waals surface area contributed by atoms with E-state index in [1.54, 1.807) is 0 Å². The molecule has 0 aliphatic carbocycles. The molecule has 0 amide bonds. The topological polar surface area (TPSA) is 90.5 Å². The molecule has 2 aromatic heterocycles. The van der Waals surface area contributed by atoms with E-state index in [4.69, 9.17) is 0 Å². The van der Waals surface area contributed by atoms with Crippen LogP contribution in [-0.4, -0.2) is 35.3 Å². The molecule has 2 heterocycles. The van der Waals surface area contributed by atoms with Gasteiger partial charge in [0, 0.05) is 0 Å². The van der Waals surface area contributed by atoms with E-state index in [-0.39, 0.29) is 5.69 Å². The molecule has 0 spiro atoms. The standard InChI is InChI=1S/C12H9F3N6O2/c13-12(14,15)5-19-7-17-21(11(19)23)9-3-1-8(2-4-9)20-6-16-18-10(20)22/h1-4,6-7H,5H2,(H,18,22). The lowest BCUT2D eigenvalue weighted by Gasteiger charge is -2.05. The summed E-state index contributed by atoms with van der Waals surface area (Å²) in [6.07, 6.45) is -2.41. The molecule has 0 saturated carbocycles. The number of aromatic nitrogens is 6. The van der Waals surface area contributed by atoms with Crippen LogP contribution in [0.1, 0.15) is 0 Å². The highest BCUT2D eigenvalue weighted by molar-refractivity contribution is 5.40. The summed E-state index contributed by atoms with van der Waals surface area (Å²) in [6, 6.07) is 5.95. The lowest BCUT2D eigenvalue weighted by atomic mass is 10.3. The molecule has 3 rings (SSSR count). The van der Waals surface area contributed by atoms with Crippen LogP contribution in [0.3, 0.4) is 0 Å². The Morgan fingerprint density at radius 1 is 1.04 bits per heavy atom. The van der Waals surface area contributed by atoms with Crippen LogP contribution in [0.2, 0.25) is 0 Å². The van der Waals surface area contributed by atoms with Crippen LogP contribution in [0.25, 0.3) is 11.4 Å². The van der Waals surface area contributed by atoms with Gasteiger partial charge in [0.1, 0.15) is 19.2 Å². The molecule has 11 heteroatoms. The van der Waals surface area contributed by atoms with Crippen LogP contribution in [0, 0.1) is 0 Å².